The highest BCUT2D eigenvalue weighted by atomic mass is 127. The first kappa shape index (κ1) is 40.1. The average molecular weight is 786 g/mol. The normalized spacial score (nSPS) is 20.3. The third-order valence-electron chi connectivity index (χ3n) is 7.18. The molecule has 1 aliphatic rings. The maximum Gasteiger partial charge on any atom is 0.271 e. The van der Waals surface area contributed by atoms with Crippen molar-refractivity contribution < 1.29 is 23.0 Å². The molecule has 16 heteroatoms. The van der Waals surface area contributed by atoms with E-state index in [0.29, 0.717) is 42.5 Å². The summed E-state index contributed by atoms with van der Waals surface area (Å²) in [6, 6.07) is 3.52. The molecule has 4 N–H and O–H groups in total. The van der Waals surface area contributed by atoms with Crippen LogP contribution in [0.2, 0.25) is 13.6 Å². The Bertz CT molecular complexity index is 1450. The number of rotatable bonds is 14. The Morgan fingerprint density at radius 2 is 1.81 bits per heavy atom. The van der Waals surface area contributed by atoms with Crippen LogP contribution in [0.1, 0.15) is 37.0 Å². The van der Waals surface area contributed by atoms with Crippen LogP contribution < -0.4 is 25.5 Å². The highest BCUT2D eigenvalue weighted by Crippen LogP contribution is 2.80. The maximum atomic E-state index is 14.8. The summed E-state index contributed by atoms with van der Waals surface area (Å²) >= 11 is 2.27. The summed E-state index contributed by atoms with van der Waals surface area (Å²) in [5.41, 5.74) is 6.45. The van der Waals surface area contributed by atoms with Gasteiger partial charge in [-0.15, -0.1) is 0 Å². The number of carbonyl (C=O) groups excluding carboxylic acids is 3. The first-order chi connectivity index (χ1) is 22.0. The molecule has 1 aliphatic heterocycles. The van der Waals surface area contributed by atoms with Gasteiger partial charge in [-0.3, -0.25) is 14.4 Å². The predicted molar refractivity (Wildman–Crippen MR) is 200 cm³/mol. The summed E-state index contributed by atoms with van der Waals surface area (Å²) in [6.07, 6.45) is 3.76. The molecule has 1 saturated heterocycles. The number of hydrogen-bond acceptors (Lipinski definition) is 9. The summed E-state index contributed by atoms with van der Waals surface area (Å²) in [6.45, 7) is 10.6. The second-order valence-corrected chi connectivity index (χ2v) is 18.4. The summed E-state index contributed by atoms with van der Waals surface area (Å²) in [5, 5.41) is 6.09. The highest BCUT2D eigenvalue weighted by molar-refractivity contribution is 14.2. The fourth-order valence-corrected chi connectivity index (χ4v) is 10.3. The lowest BCUT2D eigenvalue weighted by molar-refractivity contribution is -0.135. The summed E-state index contributed by atoms with van der Waals surface area (Å²) < 4.78 is 21.1. The topological polar surface area (TPSA) is 146 Å². The van der Waals surface area contributed by atoms with Gasteiger partial charge >= 0.3 is 0 Å². The molecule has 259 valence electrons. The Hall–Kier alpha value is -3.12. The van der Waals surface area contributed by atoms with Crippen LogP contribution in [0.15, 0.2) is 30.4 Å². The van der Waals surface area contributed by atoms with E-state index in [1.165, 1.54) is 23.1 Å². The minimum atomic E-state index is -1.72. The third-order valence-corrected chi connectivity index (χ3v) is 15.0. The Balaban J connectivity index is 0.00000246. The van der Waals surface area contributed by atoms with Crippen molar-refractivity contribution in [2.24, 2.45) is 5.73 Å². The molecule has 0 aliphatic carbocycles. The van der Waals surface area contributed by atoms with Gasteiger partial charge in [-0.05, 0) is 47.9 Å². The number of aryl methyl sites for hydroxylation is 1. The van der Waals surface area contributed by atoms with Crippen LogP contribution in [0, 0.1) is 5.82 Å². The number of hydrogen-bond donors (Lipinski definition) is 3. The number of nitrogens with one attached hydrogen (secondary N) is 2. The van der Waals surface area contributed by atoms with Gasteiger partial charge in [0, 0.05) is 84.6 Å². The van der Waals surface area contributed by atoms with Gasteiger partial charge in [0.1, 0.15) is 24.9 Å². The van der Waals surface area contributed by atoms with E-state index in [9.17, 15) is 18.8 Å². The van der Waals surface area contributed by atoms with Gasteiger partial charge in [-0.2, -0.15) is 0 Å². The van der Waals surface area contributed by atoms with Crippen molar-refractivity contribution in [1.82, 2.24) is 25.1 Å². The number of nitrogens with zero attached hydrogens (tertiary/aromatic N) is 5. The number of benzene rings is 1. The number of carbonyl (C=O) groups is 3. The number of primary amides is 1. The van der Waals surface area contributed by atoms with E-state index in [0.717, 1.165) is 0 Å². The number of nitrogens with two attached hydrogens (primary N) is 1. The molecule has 1 aromatic carbocycles. The third kappa shape index (κ3) is 11.0. The fourth-order valence-electron chi connectivity index (χ4n) is 4.35. The Morgan fingerprint density at radius 3 is 2.36 bits per heavy atom. The minimum Gasteiger partial charge on any atom is -0.439 e. The fraction of sp³-hybridized carbons (Fsp3) is 0.516. The van der Waals surface area contributed by atoms with Gasteiger partial charge in [-0.25, -0.2) is 14.4 Å². The van der Waals surface area contributed by atoms with E-state index in [2.05, 4.69) is 41.8 Å². The van der Waals surface area contributed by atoms with Crippen molar-refractivity contribution >= 4 is 71.0 Å². The zero-order valence-electron chi connectivity index (χ0n) is 28.9. The number of likely N-dealkylation sites (N-methyl/N-ethyl adjacent to an activating group) is 2. The Morgan fingerprint density at radius 1 is 1.17 bits per heavy atom. The molecular formula is C31H48BFIN8O4S. The van der Waals surface area contributed by atoms with E-state index >= 15 is 0 Å². The van der Waals surface area contributed by atoms with Gasteiger partial charge in [-0.1, -0.05) is 26.6 Å². The van der Waals surface area contributed by atoms with Gasteiger partial charge in [0.15, 0.2) is 17.3 Å². The van der Waals surface area contributed by atoms with Crippen LogP contribution in [0.3, 0.4) is 0 Å². The molecule has 1 fully saturated rings. The van der Waals surface area contributed by atoms with Crippen LogP contribution in [-0.2, 0) is 16.0 Å². The van der Waals surface area contributed by atoms with Crippen molar-refractivity contribution in [3.63, 3.8) is 0 Å². The molecule has 3 rings (SSSR count). The van der Waals surface area contributed by atoms with E-state index < -0.39 is 25.2 Å². The van der Waals surface area contributed by atoms with Crippen LogP contribution >= 0.6 is 28.7 Å². The van der Waals surface area contributed by atoms with Gasteiger partial charge in [0.05, 0.1) is 10.9 Å². The number of halogens is 2. The quantitative estimate of drug-likeness (QED) is 0.111. The molecule has 2 aromatic rings. The van der Waals surface area contributed by atoms with Crippen molar-refractivity contribution in [3.05, 3.63) is 47.6 Å². The van der Waals surface area contributed by atoms with Crippen molar-refractivity contribution in [2.75, 3.05) is 58.5 Å². The zero-order valence-corrected chi connectivity index (χ0v) is 31.9. The largest absolute Gasteiger partial charge is 0.439 e. The van der Waals surface area contributed by atoms with Gasteiger partial charge in [0.2, 0.25) is 11.8 Å². The molecule has 1 aromatic heterocycles. The van der Waals surface area contributed by atoms with Crippen LogP contribution in [-0.4, -0.2) is 110 Å². The summed E-state index contributed by atoms with van der Waals surface area (Å²) in [7, 11) is 9.30. The number of anilines is 3. The average Bonchev–Trinajstić information content (AvgIpc) is 3.50. The second kappa shape index (κ2) is 17.9. The van der Waals surface area contributed by atoms with E-state index in [1.54, 1.807) is 31.0 Å². The first-order valence-corrected chi connectivity index (χ1v) is 19.5. The van der Waals surface area contributed by atoms with E-state index in [4.69, 9.17) is 9.92 Å². The number of amides is 3. The smallest absolute Gasteiger partial charge is 0.271 e. The first-order valence-electron chi connectivity index (χ1n) is 15.3. The minimum absolute atomic E-state index is 0.0245. The summed E-state index contributed by atoms with van der Waals surface area (Å²) in [4.78, 5) is 51.5. The number of aromatic nitrogens is 2. The van der Waals surface area contributed by atoms with E-state index in [-0.39, 0.29) is 33.8 Å². The molecule has 12 nitrogen and oxygen atoms in total. The van der Waals surface area contributed by atoms with Crippen molar-refractivity contribution in [2.45, 2.75) is 57.4 Å². The molecular weight excluding hydrogens is 737 g/mol. The lowest BCUT2D eigenvalue weighted by atomic mass is 9.88. The highest BCUT2D eigenvalue weighted by Gasteiger charge is 2.59. The van der Waals surface area contributed by atoms with Crippen LogP contribution in [0.5, 0.6) is 5.75 Å². The molecule has 1 radical (unpaired) electrons. The summed E-state index contributed by atoms with van der Waals surface area (Å²) in [5.74, 6) is -0.860. The standard InChI is InChI=1S/C29H42FIN8O4S.C2H6B/c1-9-22-28(38(6)7)36-27(25(35-22)26(32)41)34-20-13-19(30)14-21(15-20)43-44(31)18(3)23(44)16-33-29(42)17(2)39(8)24(40)11-10-12-37(4)5;1-3-2/h10-11,13-15,17-18,23H,9,12,16H2,1-8H3,(H2,32,41)(H,33,42)(H,34,36);1-2H3/b11-10+;. The molecule has 47 heavy (non-hydrogen) atoms. The molecule has 0 bridgehead atoms. The van der Waals surface area contributed by atoms with E-state index in [1.807, 2.05) is 67.9 Å². The van der Waals surface area contributed by atoms with Crippen molar-refractivity contribution in [3.8, 4) is 5.75 Å². The molecule has 4 atom stereocenters. The van der Waals surface area contributed by atoms with Gasteiger partial charge < -0.3 is 35.3 Å². The second-order valence-electron chi connectivity index (χ2n) is 11.6. The molecule has 4 unspecified atom stereocenters. The van der Waals surface area contributed by atoms with Crippen molar-refractivity contribution in [1.29, 1.82) is 0 Å². The van der Waals surface area contributed by atoms with Crippen LogP contribution in [0.25, 0.3) is 0 Å². The maximum absolute atomic E-state index is 14.8. The molecule has 3 amide bonds. The lowest BCUT2D eigenvalue weighted by Crippen LogP contribution is -2.46. The predicted octanol–water partition coefficient (Wildman–Crippen LogP) is 4.17. The molecule has 2 heterocycles. The Labute approximate surface area is 292 Å². The van der Waals surface area contributed by atoms with Crippen LogP contribution in [0.4, 0.5) is 21.7 Å². The monoisotopic (exact) mass is 785 g/mol. The molecule has 0 spiro atoms. The lowest BCUT2D eigenvalue weighted by Gasteiger charge is -2.23. The molecule has 0 saturated carbocycles. The van der Waals surface area contributed by atoms with Gasteiger partial charge in [0.25, 0.3) is 5.91 Å². The SMILES string of the molecule is CCc1nc(C(N)=O)c(Nc2cc(F)cc(OS3(I)C(C)C3CNC(=O)C(C)N(C)C(=O)/C=C/CN(C)C)c2)nc1N(C)C.C[B]C. The zero-order chi connectivity index (χ0) is 35.6. The Kier molecular flexibility index (Phi) is 15.2.